The lowest BCUT2D eigenvalue weighted by Crippen LogP contribution is -2.43. The van der Waals surface area contributed by atoms with Crippen molar-refractivity contribution in [3.8, 4) is 44.9 Å². The smallest absolute Gasteiger partial charge is 0.336 e. The summed E-state index contributed by atoms with van der Waals surface area (Å²) < 4.78 is 15.2. The van der Waals surface area contributed by atoms with Crippen LogP contribution in [0.25, 0.3) is 66.8 Å². The van der Waals surface area contributed by atoms with Crippen molar-refractivity contribution in [3.05, 3.63) is 137 Å². The van der Waals surface area contributed by atoms with Crippen LogP contribution in [0.15, 0.2) is 123 Å². The molecule has 358 valence electrons. The van der Waals surface area contributed by atoms with E-state index in [-0.39, 0.29) is 40.4 Å². The molecule has 0 bridgehead atoms. The van der Waals surface area contributed by atoms with Gasteiger partial charge in [-0.15, -0.1) is 0 Å². The quantitative estimate of drug-likeness (QED) is 0.0305. The second kappa shape index (κ2) is 20.5. The van der Waals surface area contributed by atoms with Crippen LogP contribution in [0, 0.1) is 5.41 Å². The van der Waals surface area contributed by atoms with E-state index in [0.29, 0.717) is 70.4 Å². The summed E-state index contributed by atoms with van der Waals surface area (Å²) >= 11 is 0. The Bertz CT molecular complexity index is 3380. The fourth-order valence-corrected chi connectivity index (χ4v) is 11.5. The van der Waals surface area contributed by atoms with E-state index in [1.54, 1.807) is 70.1 Å². The summed E-state index contributed by atoms with van der Waals surface area (Å²) in [7, 11) is 3.27. The molecule has 0 atom stereocenters. The monoisotopic (exact) mass is 973 g/mol. The number of nitrogen functional groups attached to an aromatic ring is 1. The van der Waals surface area contributed by atoms with Crippen LogP contribution in [0.2, 0.25) is 0 Å². The highest BCUT2D eigenvalue weighted by molar-refractivity contribution is 8.76. The zero-order valence-corrected chi connectivity index (χ0v) is 41.6. The van der Waals surface area contributed by atoms with E-state index >= 15 is 0 Å². The van der Waals surface area contributed by atoms with Crippen LogP contribution in [0.4, 0.5) is 11.4 Å². The van der Waals surface area contributed by atoms with Gasteiger partial charge in [0.15, 0.2) is 0 Å². The largest absolute Gasteiger partial charge is 0.478 e. The number of nitrogens with one attached hydrogen (secondary N) is 3. The third-order valence-corrected chi connectivity index (χ3v) is 15.3. The molecule has 0 saturated heterocycles. The number of benzene rings is 6. The zero-order valence-electron chi connectivity index (χ0n) is 40.0. The Balaban J connectivity index is 0.926. The topological polar surface area (TPSA) is 178 Å². The van der Waals surface area contributed by atoms with Crippen LogP contribution >= 0.6 is 21.6 Å². The first kappa shape index (κ1) is 48.0. The predicted octanol–water partition coefficient (Wildman–Crippen LogP) is 11.0. The van der Waals surface area contributed by atoms with E-state index in [1.165, 1.54) is 6.07 Å². The minimum absolute atomic E-state index is 0.0401. The molecule has 70 heavy (non-hydrogen) atoms. The average Bonchev–Trinajstić information content (AvgIpc) is 3.36. The van der Waals surface area contributed by atoms with Gasteiger partial charge in [0.1, 0.15) is 35.8 Å². The van der Waals surface area contributed by atoms with Crippen molar-refractivity contribution in [2.24, 2.45) is 0 Å². The van der Waals surface area contributed by atoms with Gasteiger partial charge in [-0.1, -0.05) is 33.7 Å². The molecule has 2 aliphatic heterocycles. The zero-order chi connectivity index (χ0) is 49.2. The van der Waals surface area contributed by atoms with E-state index in [2.05, 4.69) is 90.3 Å². The highest BCUT2D eigenvalue weighted by atomic mass is 33.1. The molecule has 0 aromatic heterocycles. The molecular formula is C56H57N6O6S2+. The molecule has 2 heterocycles. The molecule has 5 aliphatic rings. The summed E-state index contributed by atoms with van der Waals surface area (Å²) in [4.78, 5) is 43.9. The van der Waals surface area contributed by atoms with Crippen LogP contribution in [0.5, 0.6) is 0 Å². The van der Waals surface area contributed by atoms with Crippen molar-refractivity contribution in [1.82, 2.24) is 15.2 Å². The maximum atomic E-state index is 14.0. The molecule has 1 fully saturated rings. The molecule has 2 amide bonds. The number of carboxylic acids is 1. The average molecular weight is 974 g/mol. The van der Waals surface area contributed by atoms with E-state index < -0.39 is 5.97 Å². The van der Waals surface area contributed by atoms with E-state index in [4.69, 9.17) is 20.0 Å². The number of carbonyl (C=O) groups is 3. The van der Waals surface area contributed by atoms with Gasteiger partial charge in [-0.3, -0.25) is 9.59 Å². The van der Waals surface area contributed by atoms with Crippen molar-refractivity contribution in [1.29, 1.82) is 5.41 Å². The van der Waals surface area contributed by atoms with Crippen molar-refractivity contribution in [2.75, 3.05) is 43.1 Å². The molecule has 3 aliphatic carbocycles. The molecule has 0 unspecified atom stereocenters. The molecule has 9 rings (SSSR count). The number of anilines is 2. The van der Waals surface area contributed by atoms with Gasteiger partial charge >= 0.3 is 5.97 Å². The molecular weight excluding hydrogens is 917 g/mol. The number of carbonyl (C=O) groups excluding carboxylic acids is 2. The van der Waals surface area contributed by atoms with Crippen LogP contribution in [0.1, 0.15) is 84.5 Å². The van der Waals surface area contributed by atoms with Crippen LogP contribution < -0.4 is 36.6 Å². The van der Waals surface area contributed by atoms with Gasteiger partial charge in [0.2, 0.25) is 5.36 Å². The van der Waals surface area contributed by atoms with Gasteiger partial charge in [-0.25, -0.2) is 9.37 Å². The highest BCUT2D eigenvalue weighted by Gasteiger charge is 2.28. The molecule has 1 saturated carbocycles. The summed E-state index contributed by atoms with van der Waals surface area (Å²) in [5, 5.41) is 28.0. The Morgan fingerprint density at radius 1 is 0.686 bits per heavy atom. The van der Waals surface area contributed by atoms with E-state index in [9.17, 15) is 19.5 Å². The maximum absolute atomic E-state index is 14.0. The minimum Gasteiger partial charge on any atom is -0.478 e. The van der Waals surface area contributed by atoms with Crippen molar-refractivity contribution >= 4 is 72.7 Å². The van der Waals surface area contributed by atoms with Gasteiger partial charge in [0.05, 0.1) is 17.0 Å². The number of carboxylic acid groups (broad SMARTS) is 1. The van der Waals surface area contributed by atoms with E-state index in [1.807, 2.05) is 18.4 Å². The molecule has 0 radical (unpaired) electrons. The van der Waals surface area contributed by atoms with E-state index in [0.717, 1.165) is 75.5 Å². The predicted molar refractivity (Wildman–Crippen MR) is 284 cm³/mol. The van der Waals surface area contributed by atoms with Gasteiger partial charge in [0, 0.05) is 110 Å². The molecule has 6 N–H and O–H groups in total. The summed E-state index contributed by atoms with van der Waals surface area (Å²) in [5.41, 5.74) is 14.4. The Hall–Kier alpha value is -7.03. The second-order valence-corrected chi connectivity index (χ2v) is 20.1. The number of amides is 2. The number of hydrogen-bond acceptors (Lipinski definition) is 10. The fraction of sp³-hybridized carbons (Fsp3) is 0.268. The number of fused-ring (bicyclic) bond motifs is 4. The van der Waals surface area contributed by atoms with Crippen LogP contribution in [-0.4, -0.2) is 67.4 Å². The third kappa shape index (κ3) is 9.49. The molecule has 0 spiro atoms. The minimum atomic E-state index is -1.18. The maximum Gasteiger partial charge on any atom is 0.336 e. The molecule has 4 aromatic carbocycles. The summed E-state index contributed by atoms with van der Waals surface area (Å²) in [6, 6.07) is 33.5. The van der Waals surface area contributed by atoms with Crippen molar-refractivity contribution in [2.45, 2.75) is 70.4 Å². The fourth-order valence-electron chi connectivity index (χ4n) is 9.95. The summed E-state index contributed by atoms with van der Waals surface area (Å²) in [6.45, 7) is 12.2. The summed E-state index contributed by atoms with van der Waals surface area (Å²) in [6.07, 6.45) is 4.66. The van der Waals surface area contributed by atoms with Crippen LogP contribution in [-0.2, 0) is 0 Å². The first-order chi connectivity index (χ1) is 33.9. The normalized spacial score (nSPS) is 14.8. The lowest BCUT2D eigenvalue weighted by Gasteiger charge is -2.30. The van der Waals surface area contributed by atoms with Crippen molar-refractivity contribution < 1.29 is 28.3 Å². The molecule has 12 nitrogen and oxygen atoms in total. The Labute approximate surface area is 414 Å². The number of hydrogen-bond donors (Lipinski definition) is 5. The lowest BCUT2D eigenvalue weighted by atomic mass is 9.89. The molecule has 14 heteroatoms. The van der Waals surface area contributed by atoms with Gasteiger partial charge < -0.3 is 40.6 Å². The standard InChI is InChI=1S/C56H56N6O6S2/c1-6-61(7-2)38-18-24-43-49(30-38)68-50-31-39(62(8-3)9-4)19-25-44(50)53(43)45-21-11-33(27-51(45)70-69-5)55(64)60-37-16-14-36(15-17-37)59-54(63)32-10-20-40(46(26-32)56(65)66)52-41-22-12-34(57)28-47(41)67-48-29-35(58)13-23-42(48)52/h10-13,18-31,36-37H,6-9,14-17H2,1-5H3,(H5-,57,58,59,60,63,64,65,66)/p+1/t36-,37-. The Morgan fingerprint density at radius 2 is 1.24 bits per heavy atom. The summed E-state index contributed by atoms with van der Waals surface area (Å²) in [5.74, 6) is -0.480. The highest BCUT2D eigenvalue weighted by Crippen LogP contribution is 2.46. The lowest BCUT2D eigenvalue weighted by molar-refractivity contribution is 0.0697. The first-order valence-electron chi connectivity index (χ1n) is 23.9. The Morgan fingerprint density at radius 3 is 1.86 bits per heavy atom. The number of nitrogens with two attached hydrogens (primary N) is 1. The van der Waals surface area contributed by atoms with Crippen molar-refractivity contribution in [3.63, 3.8) is 0 Å². The third-order valence-electron chi connectivity index (χ3n) is 13.6. The second-order valence-electron chi connectivity index (χ2n) is 17.6. The molecule has 4 aromatic rings. The number of rotatable bonds is 14. The SMILES string of the molecule is CCN(CC)c1ccc2c(-c3ccc(C(=O)N[C@H]4CC[C@H](NC(=O)c5ccc(-c6c7ccc(=N)cc-7oc7cc(N)ccc67)c(C(=O)O)c5)CC4)cc3SSC)c3ccc(=[N+](CC)CC)cc-3oc2c1. The number of aromatic carboxylic acids is 1. The van der Waals surface area contributed by atoms with Gasteiger partial charge in [0.25, 0.3) is 11.8 Å². The van der Waals surface area contributed by atoms with Crippen LogP contribution in [0.3, 0.4) is 0 Å². The van der Waals surface area contributed by atoms with Gasteiger partial charge in [-0.2, -0.15) is 0 Å². The first-order valence-corrected chi connectivity index (χ1v) is 26.5. The van der Waals surface area contributed by atoms with Gasteiger partial charge in [-0.05, 0) is 137 Å². The number of nitrogens with zero attached hydrogens (tertiary/aromatic N) is 2. The Kier molecular flexibility index (Phi) is 14.1.